The molecule has 3 aromatic rings. The Balaban J connectivity index is 1.40. The molecule has 1 amide bonds. The van der Waals surface area contributed by atoms with Gasteiger partial charge in [-0.25, -0.2) is 9.37 Å². The van der Waals surface area contributed by atoms with Crippen molar-refractivity contribution in [3.63, 3.8) is 0 Å². The Morgan fingerprint density at radius 1 is 1.04 bits per heavy atom. The molecule has 1 aromatic heterocycles. The molecule has 2 heterocycles. The number of amides is 1. The van der Waals surface area contributed by atoms with E-state index in [2.05, 4.69) is 9.88 Å². The molecular weight excluding hydrogens is 345 g/mol. The van der Waals surface area contributed by atoms with Crippen LogP contribution in [0.4, 0.5) is 4.39 Å². The van der Waals surface area contributed by atoms with E-state index < -0.39 is 0 Å². The molecule has 1 aliphatic heterocycles. The molecule has 4 rings (SSSR count). The molecule has 1 fully saturated rings. The molecule has 0 N–H and O–H groups in total. The van der Waals surface area contributed by atoms with Crippen molar-refractivity contribution in [2.45, 2.75) is 6.54 Å². The van der Waals surface area contributed by atoms with E-state index in [1.54, 1.807) is 17.0 Å². The van der Waals surface area contributed by atoms with E-state index in [0.717, 1.165) is 24.2 Å². The van der Waals surface area contributed by atoms with Gasteiger partial charge in [0.25, 0.3) is 5.91 Å². The van der Waals surface area contributed by atoms with E-state index in [1.165, 1.54) is 12.5 Å². The lowest BCUT2D eigenvalue weighted by Gasteiger charge is -2.34. The normalized spacial score (nSPS) is 15.1. The minimum Gasteiger partial charge on any atom is -0.443 e. The van der Waals surface area contributed by atoms with Crippen molar-refractivity contribution >= 4 is 5.91 Å². The highest BCUT2D eigenvalue weighted by molar-refractivity contribution is 5.97. The zero-order chi connectivity index (χ0) is 18.6. The lowest BCUT2D eigenvalue weighted by Crippen LogP contribution is -2.48. The predicted molar refractivity (Wildman–Crippen MR) is 99.5 cm³/mol. The second-order valence-electron chi connectivity index (χ2n) is 6.59. The van der Waals surface area contributed by atoms with Gasteiger partial charge in [-0.3, -0.25) is 9.69 Å². The monoisotopic (exact) mass is 365 g/mol. The number of hydrogen-bond acceptors (Lipinski definition) is 4. The number of piperazine rings is 1. The van der Waals surface area contributed by atoms with Gasteiger partial charge in [-0.2, -0.15) is 0 Å². The summed E-state index contributed by atoms with van der Waals surface area (Å²) >= 11 is 0. The largest absolute Gasteiger partial charge is 0.443 e. The lowest BCUT2D eigenvalue weighted by molar-refractivity contribution is 0.0623. The highest BCUT2D eigenvalue weighted by Gasteiger charge is 2.27. The van der Waals surface area contributed by atoms with E-state index in [1.807, 2.05) is 36.4 Å². The van der Waals surface area contributed by atoms with E-state index in [0.29, 0.717) is 31.1 Å². The number of halogens is 1. The van der Waals surface area contributed by atoms with Crippen LogP contribution < -0.4 is 0 Å². The molecule has 0 radical (unpaired) electrons. The first-order valence-electron chi connectivity index (χ1n) is 8.96. The SMILES string of the molecule is O=C(c1ncoc1-c1ccccc1)N1CCN(Cc2cccc(F)c2)CC1. The van der Waals surface area contributed by atoms with Crippen molar-refractivity contribution in [2.24, 2.45) is 0 Å². The highest BCUT2D eigenvalue weighted by atomic mass is 19.1. The third-order valence-electron chi connectivity index (χ3n) is 4.76. The van der Waals surface area contributed by atoms with Crippen LogP contribution in [0.1, 0.15) is 16.1 Å². The van der Waals surface area contributed by atoms with Crippen LogP contribution in [0.15, 0.2) is 65.4 Å². The molecule has 0 aliphatic carbocycles. The van der Waals surface area contributed by atoms with Gasteiger partial charge in [0.2, 0.25) is 0 Å². The number of aromatic nitrogens is 1. The Bertz CT molecular complexity index is 918. The Hall–Kier alpha value is -2.99. The highest BCUT2D eigenvalue weighted by Crippen LogP contribution is 2.24. The summed E-state index contributed by atoms with van der Waals surface area (Å²) in [5.41, 5.74) is 2.13. The van der Waals surface area contributed by atoms with Gasteiger partial charge in [0.1, 0.15) is 5.82 Å². The first-order chi connectivity index (χ1) is 13.2. The Morgan fingerprint density at radius 3 is 2.56 bits per heavy atom. The molecule has 0 unspecified atom stereocenters. The zero-order valence-electron chi connectivity index (χ0n) is 14.8. The standard InChI is InChI=1S/C21H20FN3O2/c22-18-8-4-5-16(13-18)14-24-9-11-25(12-10-24)21(26)19-20(27-15-23-19)17-6-2-1-3-7-17/h1-8,13,15H,9-12,14H2. The van der Waals surface area contributed by atoms with Crippen molar-refractivity contribution < 1.29 is 13.6 Å². The molecule has 0 saturated carbocycles. The number of hydrogen-bond donors (Lipinski definition) is 0. The number of oxazole rings is 1. The van der Waals surface area contributed by atoms with E-state index >= 15 is 0 Å². The van der Waals surface area contributed by atoms with Gasteiger partial charge in [0.05, 0.1) is 0 Å². The average Bonchev–Trinajstić information content (AvgIpc) is 3.19. The first-order valence-corrected chi connectivity index (χ1v) is 8.96. The number of carbonyl (C=O) groups excluding carboxylic acids is 1. The maximum atomic E-state index is 13.3. The van der Waals surface area contributed by atoms with Crippen LogP contribution in [0.2, 0.25) is 0 Å². The quantitative estimate of drug-likeness (QED) is 0.711. The summed E-state index contributed by atoms with van der Waals surface area (Å²) in [5, 5.41) is 0. The fraction of sp³-hybridized carbons (Fsp3) is 0.238. The summed E-state index contributed by atoms with van der Waals surface area (Å²) < 4.78 is 18.8. The summed E-state index contributed by atoms with van der Waals surface area (Å²) in [4.78, 5) is 21.1. The van der Waals surface area contributed by atoms with Gasteiger partial charge < -0.3 is 9.32 Å². The second-order valence-corrected chi connectivity index (χ2v) is 6.59. The lowest BCUT2D eigenvalue weighted by atomic mass is 10.1. The summed E-state index contributed by atoms with van der Waals surface area (Å²) in [6.45, 7) is 3.37. The van der Waals surface area contributed by atoms with Gasteiger partial charge in [0.15, 0.2) is 17.8 Å². The van der Waals surface area contributed by atoms with Gasteiger partial charge in [-0.15, -0.1) is 0 Å². The molecule has 1 aliphatic rings. The van der Waals surface area contributed by atoms with Crippen LogP contribution in [-0.4, -0.2) is 46.9 Å². The molecular formula is C21H20FN3O2. The maximum Gasteiger partial charge on any atom is 0.276 e. The van der Waals surface area contributed by atoms with Gasteiger partial charge >= 0.3 is 0 Å². The van der Waals surface area contributed by atoms with E-state index in [-0.39, 0.29) is 11.7 Å². The van der Waals surface area contributed by atoms with Crippen LogP contribution in [0.3, 0.4) is 0 Å². The minimum atomic E-state index is -0.221. The Kier molecular flexibility index (Phi) is 4.98. The third kappa shape index (κ3) is 3.90. The van der Waals surface area contributed by atoms with Crippen molar-refractivity contribution in [1.82, 2.24) is 14.8 Å². The fourth-order valence-electron chi connectivity index (χ4n) is 3.35. The van der Waals surface area contributed by atoms with Gasteiger partial charge in [0, 0.05) is 38.3 Å². The minimum absolute atomic E-state index is 0.118. The predicted octanol–water partition coefficient (Wildman–Crippen LogP) is 3.44. The fourth-order valence-corrected chi connectivity index (χ4v) is 3.35. The molecule has 0 atom stereocenters. The number of nitrogens with zero attached hydrogens (tertiary/aromatic N) is 3. The number of carbonyl (C=O) groups is 1. The third-order valence-corrected chi connectivity index (χ3v) is 4.76. The summed E-state index contributed by atoms with van der Waals surface area (Å²) in [6.07, 6.45) is 1.32. The summed E-state index contributed by atoms with van der Waals surface area (Å²) in [6, 6.07) is 16.2. The first kappa shape index (κ1) is 17.4. The van der Waals surface area contributed by atoms with Crippen LogP contribution in [0.25, 0.3) is 11.3 Å². The number of rotatable bonds is 4. The van der Waals surface area contributed by atoms with Crippen molar-refractivity contribution in [3.8, 4) is 11.3 Å². The molecule has 1 saturated heterocycles. The van der Waals surface area contributed by atoms with E-state index in [4.69, 9.17) is 4.42 Å². The molecule has 6 heteroatoms. The molecule has 0 spiro atoms. The van der Waals surface area contributed by atoms with E-state index in [9.17, 15) is 9.18 Å². The molecule has 0 bridgehead atoms. The Labute approximate surface area is 157 Å². The summed E-state index contributed by atoms with van der Waals surface area (Å²) in [7, 11) is 0. The zero-order valence-corrected chi connectivity index (χ0v) is 14.8. The van der Waals surface area contributed by atoms with Crippen molar-refractivity contribution in [3.05, 3.63) is 78.1 Å². The smallest absolute Gasteiger partial charge is 0.276 e. The molecule has 27 heavy (non-hydrogen) atoms. The number of benzene rings is 2. The summed E-state index contributed by atoms with van der Waals surface area (Å²) in [5.74, 6) is 0.164. The van der Waals surface area contributed by atoms with Gasteiger partial charge in [-0.05, 0) is 17.7 Å². The topological polar surface area (TPSA) is 49.6 Å². The van der Waals surface area contributed by atoms with Crippen LogP contribution in [0, 0.1) is 5.82 Å². The molecule has 2 aromatic carbocycles. The van der Waals surface area contributed by atoms with Crippen LogP contribution in [-0.2, 0) is 6.54 Å². The second kappa shape index (κ2) is 7.72. The van der Waals surface area contributed by atoms with Gasteiger partial charge in [-0.1, -0.05) is 42.5 Å². The molecule has 5 nitrogen and oxygen atoms in total. The van der Waals surface area contributed by atoms with Crippen LogP contribution >= 0.6 is 0 Å². The molecule has 138 valence electrons. The van der Waals surface area contributed by atoms with Crippen LogP contribution in [0.5, 0.6) is 0 Å². The average molecular weight is 365 g/mol. The Morgan fingerprint density at radius 2 is 1.81 bits per heavy atom. The van der Waals surface area contributed by atoms with Crippen molar-refractivity contribution in [1.29, 1.82) is 0 Å². The maximum absolute atomic E-state index is 13.3. The van der Waals surface area contributed by atoms with Crippen molar-refractivity contribution in [2.75, 3.05) is 26.2 Å².